The van der Waals surface area contributed by atoms with Crippen molar-refractivity contribution in [3.05, 3.63) is 23.3 Å². The summed E-state index contributed by atoms with van der Waals surface area (Å²) in [4.78, 5) is 11.2. The van der Waals surface area contributed by atoms with Crippen LogP contribution in [0.15, 0.2) is 23.3 Å². The highest BCUT2D eigenvalue weighted by Crippen LogP contribution is 2.18. The Bertz CT molecular complexity index is 374. The van der Waals surface area contributed by atoms with E-state index in [0.717, 1.165) is 5.57 Å². The number of carbonyl (C=O) groups is 1. The van der Waals surface area contributed by atoms with Crippen LogP contribution in [0.2, 0.25) is 0 Å². The van der Waals surface area contributed by atoms with Gasteiger partial charge in [0.25, 0.3) is 0 Å². The number of hydrogen-bond donors (Lipinski definition) is 1. The molecule has 1 rings (SSSR count). The maximum Gasteiger partial charge on any atom is 0.334 e. The molecular formula is C9H10O4S. The van der Waals surface area contributed by atoms with Crippen molar-refractivity contribution in [2.45, 2.75) is 13.0 Å². The Kier molecular flexibility index (Phi) is 3.38. The minimum Gasteiger partial charge on any atom is -0.478 e. The van der Waals surface area contributed by atoms with Gasteiger partial charge in [0.05, 0.1) is 21.7 Å². The topological polar surface area (TPSA) is 63.6 Å². The molecule has 14 heavy (non-hydrogen) atoms. The van der Waals surface area contributed by atoms with E-state index in [1.165, 1.54) is 13.2 Å². The molecule has 1 atom stereocenters. The SMILES string of the molecule is COC1C(C(=O)O)=CC(C)=CC1=S=O. The zero-order valence-electron chi connectivity index (χ0n) is 7.81. The molecule has 0 spiro atoms. The summed E-state index contributed by atoms with van der Waals surface area (Å²) in [5, 5.41) is 8.87. The molecule has 1 unspecified atom stereocenters. The lowest BCUT2D eigenvalue weighted by molar-refractivity contribution is -0.133. The first-order valence-corrected chi connectivity index (χ1v) is 4.67. The Labute approximate surface area is 85.0 Å². The summed E-state index contributed by atoms with van der Waals surface area (Å²) in [6, 6.07) is 0. The Morgan fingerprint density at radius 2 is 2.21 bits per heavy atom. The molecule has 0 saturated carbocycles. The van der Waals surface area contributed by atoms with E-state index in [1.54, 1.807) is 13.0 Å². The van der Waals surface area contributed by atoms with Crippen LogP contribution in [0, 0.1) is 0 Å². The van der Waals surface area contributed by atoms with Gasteiger partial charge in [0.2, 0.25) is 0 Å². The maximum atomic E-state index is 10.8. The Morgan fingerprint density at radius 3 is 2.64 bits per heavy atom. The molecule has 0 fully saturated rings. The molecule has 0 aliphatic heterocycles. The van der Waals surface area contributed by atoms with Crippen LogP contribution in [0.5, 0.6) is 0 Å². The van der Waals surface area contributed by atoms with Gasteiger partial charge in [0.1, 0.15) is 6.10 Å². The third-order valence-corrected chi connectivity index (χ3v) is 2.40. The zero-order chi connectivity index (χ0) is 10.7. The number of methoxy groups -OCH3 is 1. The normalized spacial score (nSPS) is 21.3. The third-order valence-electron chi connectivity index (χ3n) is 1.87. The third kappa shape index (κ3) is 2.00. The van der Waals surface area contributed by atoms with Gasteiger partial charge in [-0.3, -0.25) is 0 Å². The van der Waals surface area contributed by atoms with Crippen LogP contribution in [-0.2, 0) is 20.8 Å². The molecule has 5 heteroatoms. The number of allylic oxidation sites excluding steroid dienone is 2. The molecule has 1 aliphatic rings. The van der Waals surface area contributed by atoms with Crippen LogP contribution in [0.1, 0.15) is 6.92 Å². The van der Waals surface area contributed by atoms with Crippen LogP contribution in [0.3, 0.4) is 0 Å². The fraction of sp³-hybridized carbons (Fsp3) is 0.333. The monoisotopic (exact) mass is 214 g/mol. The molecule has 0 heterocycles. The first-order chi connectivity index (χ1) is 6.60. The fourth-order valence-corrected chi connectivity index (χ4v) is 1.85. The van der Waals surface area contributed by atoms with E-state index in [-0.39, 0.29) is 16.8 Å². The van der Waals surface area contributed by atoms with Gasteiger partial charge in [-0.05, 0) is 24.6 Å². The summed E-state index contributed by atoms with van der Waals surface area (Å²) in [6.07, 6.45) is 2.41. The molecule has 1 aliphatic carbocycles. The highest BCUT2D eigenvalue weighted by molar-refractivity contribution is 7.67. The van der Waals surface area contributed by atoms with E-state index in [0.29, 0.717) is 4.86 Å². The van der Waals surface area contributed by atoms with Crippen LogP contribution in [0.25, 0.3) is 0 Å². The molecule has 0 bridgehead atoms. The summed E-state index contributed by atoms with van der Waals surface area (Å²) in [5.74, 6) is -1.06. The van der Waals surface area contributed by atoms with Crippen molar-refractivity contribution in [3.8, 4) is 0 Å². The summed E-state index contributed by atoms with van der Waals surface area (Å²) < 4.78 is 15.7. The van der Waals surface area contributed by atoms with Crippen molar-refractivity contribution in [2.24, 2.45) is 0 Å². The van der Waals surface area contributed by atoms with Gasteiger partial charge in [0.15, 0.2) is 0 Å². The largest absolute Gasteiger partial charge is 0.478 e. The van der Waals surface area contributed by atoms with E-state index in [9.17, 15) is 9.00 Å². The lowest BCUT2D eigenvalue weighted by Gasteiger charge is -2.19. The standard InChI is InChI=1S/C9H10O4S/c1-5-3-6(9(10)11)8(13-2)7(4-5)14-12/h3-4,8H,1-2H3,(H,10,11). The molecule has 0 aromatic heterocycles. The number of carboxylic acids is 1. The molecule has 0 saturated heterocycles. The second kappa shape index (κ2) is 4.34. The predicted molar refractivity (Wildman–Crippen MR) is 53.4 cm³/mol. The summed E-state index contributed by atoms with van der Waals surface area (Å²) in [6.45, 7) is 1.74. The second-order valence-electron chi connectivity index (χ2n) is 2.89. The number of rotatable bonds is 2. The molecule has 1 N–H and O–H groups in total. The van der Waals surface area contributed by atoms with Gasteiger partial charge in [-0.1, -0.05) is 0 Å². The van der Waals surface area contributed by atoms with Crippen molar-refractivity contribution in [1.29, 1.82) is 0 Å². The summed E-state index contributed by atoms with van der Waals surface area (Å²) in [7, 11) is 1.38. The fourth-order valence-electron chi connectivity index (χ4n) is 1.30. The first kappa shape index (κ1) is 10.9. The van der Waals surface area contributed by atoms with Crippen molar-refractivity contribution < 1.29 is 18.8 Å². The Morgan fingerprint density at radius 1 is 1.57 bits per heavy atom. The first-order valence-electron chi connectivity index (χ1n) is 3.92. The molecule has 76 valence electrons. The molecule has 0 aromatic carbocycles. The van der Waals surface area contributed by atoms with Crippen molar-refractivity contribution in [3.63, 3.8) is 0 Å². The molecule has 0 aromatic rings. The average Bonchev–Trinajstić information content (AvgIpc) is 2.16. The minimum absolute atomic E-state index is 0.103. The quantitative estimate of drug-likeness (QED) is 0.674. The molecule has 0 radical (unpaired) electrons. The van der Waals surface area contributed by atoms with E-state index in [4.69, 9.17) is 9.84 Å². The minimum atomic E-state index is -1.06. The second-order valence-corrected chi connectivity index (χ2v) is 3.53. The van der Waals surface area contributed by atoms with E-state index >= 15 is 0 Å². The van der Waals surface area contributed by atoms with Crippen LogP contribution < -0.4 is 0 Å². The van der Waals surface area contributed by atoms with Crippen molar-refractivity contribution in [2.75, 3.05) is 7.11 Å². The Balaban J connectivity index is 3.21. The number of carboxylic acid groups (broad SMARTS) is 1. The maximum absolute atomic E-state index is 10.8. The zero-order valence-corrected chi connectivity index (χ0v) is 8.63. The van der Waals surface area contributed by atoms with Crippen molar-refractivity contribution >= 4 is 22.1 Å². The average molecular weight is 214 g/mol. The number of aliphatic carboxylic acids is 1. The van der Waals surface area contributed by atoms with Gasteiger partial charge in [-0.15, -0.1) is 0 Å². The predicted octanol–water partition coefficient (Wildman–Crippen LogP) is 0.358. The highest BCUT2D eigenvalue weighted by Gasteiger charge is 2.27. The Hall–Kier alpha value is -1.20. The molecular weight excluding hydrogens is 204 g/mol. The smallest absolute Gasteiger partial charge is 0.334 e. The highest BCUT2D eigenvalue weighted by atomic mass is 32.1. The van der Waals surface area contributed by atoms with Gasteiger partial charge >= 0.3 is 5.97 Å². The van der Waals surface area contributed by atoms with Gasteiger partial charge in [0, 0.05) is 7.11 Å². The van der Waals surface area contributed by atoms with Crippen LogP contribution >= 0.6 is 0 Å². The van der Waals surface area contributed by atoms with Gasteiger partial charge in [-0.25, -0.2) is 9.00 Å². The van der Waals surface area contributed by atoms with E-state index in [2.05, 4.69) is 0 Å². The summed E-state index contributed by atoms with van der Waals surface area (Å²) >= 11 is 0.264. The van der Waals surface area contributed by atoms with Crippen molar-refractivity contribution in [1.82, 2.24) is 0 Å². The van der Waals surface area contributed by atoms with E-state index in [1.807, 2.05) is 0 Å². The van der Waals surface area contributed by atoms with E-state index < -0.39 is 12.1 Å². The van der Waals surface area contributed by atoms with Crippen LogP contribution in [0.4, 0.5) is 0 Å². The number of ether oxygens (including phenoxy) is 1. The molecule has 4 nitrogen and oxygen atoms in total. The molecule has 0 amide bonds. The van der Waals surface area contributed by atoms with Gasteiger partial charge in [-0.2, -0.15) is 0 Å². The van der Waals surface area contributed by atoms with Crippen LogP contribution in [-0.4, -0.2) is 33.4 Å². The summed E-state index contributed by atoms with van der Waals surface area (Å²) in [5.41, 5.74) is 0.847. The number of hydrogen-bond acceptors (Lipinski definition) is 3. The van der Waals surface area contributed by atoms with Gasteiger partial charge < -0.3 is 9.84 Å². The lowest BCUT2D eigenvalue weighted by Crippen LogP contribution is -2.30. The lowest BCUT2D eigenvalue weighted by atomic mass is 9.97.